The van der Waals surface area contributed by atoms with Gasteiger partial charge in [-0.1, -0.05) is 81.0 Å². The molecule has 3 aromatic heterocycles. The first-order valence-corrected chi connectivity index (χ1v) is 17.8. The second kappa shape index (κ2) is 7.57. The maximum Gasteiger partial charge on any atom is 0.224 e. The molecule has 1 aliphatic carbocycles. The van der Waals surface area contributed by atoms with Crippen molar-refractivity contribution in [2.45, 2.75) is 58.2 Å². The van der Waals surface area contributed by atoms with Gasteiger partial charge in [0.2, 0.25) is 5.52 Å². The molecule has 0 bridgehead atoms. The molecule has 0 saturated heterocycles. The first kappa shape index (κ1) is 22.5. The van der Waals surface area contributed by atoms with Gasteiger partial charge in [-0.2, -0.15) is 0 Å². The SMILES string of the molecule is Cc1c2ccccc2c(C2CCCC2)c2c1c1c3c(cc[n+]1C)cc([Si](C)(C)C)c1c4ccccc4n2c13. The lowest BCUT2D eigenvalue weighted by Gasteiger charge is -2.23. The first-order chi connectivity index (χ1) is 18.4. The van der Waals surface area contributed by atoms with Gasteiger partial charge in [-0.15, -0.1) is 0 Å². The van der Waals surface area contributed by atoms with Crippen molar-refractivity contribution in [2.75, 3.05) is 0 Å². The number of benzene rings is 4. The van der Waals surface area contributed by atoms with Gasteiger partial charge in [0.1, 0.15) is 7.05 Å². The van der Waals surface area contributed by atoms with Crippen molar-refractivity contribution in [3.05, 3.63) is 78.0 Å². The fraction of sp³-hybridized carbons (Fsp3) is 0.286. The number of fused-ring (bicyclic) bond motifs is 7. The summed E-state index contributed by atoms with van der Waals surface area (Å²) >= 11 is 0. The lowest BCUT2D eigenvalue weighted by Crippen LogP contribution is -2.38. The molecule has 4 aromatic carbocycles. The predicted octanol–water partition coefficient (Wildman–Crippen LogP) is 8.48. The monoisotopic (exact) mass is 511 g/mol. The fourth-order valence-corrected chi connectivity index (χ4v) is 9.50. The Bertz CT molecular complexity index is 2080. The summed E-state index contributed by atoms with van der Waals surface area (Å²) in [7, 11) is 0.618. The standard InChI is InChI=1S/C35H35N2Si/c1-21-24-14-8-9-15-25(24)30(22-12-6-7-13-22)34-29(21)33-31-23(18-19-36(33)2)20-28(38(3,4)5)32-26-16-10-11-17-27(26)37(34)35(31)32/h8-11,14-20,22H,6-7,12-13H2,1-5H3/q+1. The Morgan fingerprint density at radius 2 is 1.47 bits per heavy atom. The van der Waals surface area contributed by atoms with Crippen LogP contribution in [0.2, 0.25) is 19.6 Å². The van der Waals surface area contributed by atoms with E-state index in [1.165, 1.54) is 91.0 Å². The summed E-state index contributed by atoms with van der Waals surface area (Å²) in [5.74, 6) is 0.608. The van der Waals surface area contributed by atoms with Gasteiger partial charge < -0.3 is 4.40 Å². The summed E-state index contributed by atoms with van der Waals surface area (Å²) in [5.41, 5.74) is 8.65. The topological polar surface area (TPSA) is 8.29 Å². The van der Waals surface area contributed by atoms with Crippen molar-refractivity contribution in [1.29, 1.82) is 0 Å². The molecule has 1 fully saturated rings. The van der Waals surface area contributed by atoms with E-state index in [9.17, 15) is 0 Å². The molecule has 1 aliphatic rings. The van der Waals surface area contributed by atoms with E-state index in [0.29, 0.717) is 5.92 Å². The molecule has 7 aromatic rings. The largest absolute Gasteiger partial charge is 0.307 e. The molecule has 8 rings (SSSR count). The highest BCUT2D eigenvalue weighted by atomic mass is 28.3. The van der Waals surface area contributed by atoms with Gasteiger partial charge in [0, 0.05) is 16.8 Å². The third-order valence-corrected chi connectivity index (χ3v) is 11.6. The zero-order valence-corrected chi connectivity index (χ0v) is 24.2. The zero-order valence-electron chi connectivity index (χ0n) is 23.2. The Labute approximate surface area is 224 Å². The quantitative estimate of drug-likeness (QED) is 0.0952. The van der Waals surface area contributed by atoms with Crippen molar-refractivity contribution in [1.82, 2.24) is 4.40 Å². The van der Waals surface area contributed by atoms with Crippen LogP contribution in [0.5, 0.6) is 0 Å². The highest BCUT2D eigenvalue weighted by molar-refractivity contribution is 6.91. The van der Waals surface area contributed by atoms with Crippen molar-refractivity contribution < 1.29 is 4.57 Å². The van der Waals surface area contributed by atoms with E-state index in [1.807, 2.05) is 0 Å². The fourth-order valence-electron chi connectivity index (χ4n) is 7.90. The van der Waals surface area contributed by atoms with Crippen molar-refractivity contribution >= 4 is 73.0 Å². The minimum atomic E-state index is -1.63. The number of hydrogen-bond acceptors (Lipinski definition) is 0. The van der Waals surface area contributed by atoms with Crippen molar-refractivity contribution in [3.8, 4) is 0 Å². The average Bonchev–Trinajstić information content (AvgIpc) is 3.55. The van der Waals surface area contributed by atoms with E-state index >= 15 is 0 Å². The lowest BCUT2D eigenvalue weighted by atomic mass is 9.86. The molecule has 3 heterocycles. The Balaban J connectivity index is 1.82. The Morgan fingerprint density at radius 1 is 0.789 bits per heavy atom. The molecule has 3 heteroatoms. The van der Waals surface area contributed by atoms with E-state index in [-0.39, 0.29) is 0 Å². The summed E-state index contributed by atoms with van der Waals surface area (Å²) in [6.07, 6.45) is 7.55. The van der Waals surface area contributed by atoms with E-state index in [0.717, 1.165) is 0 Å². The minimum absolute atomic E-state index is 0.608. The molecule has 0 N–H and O–H groups in total. The number of nitrogens with zero attached hydrogens (tertiary/aromatic N) is 2. The van der Waals surface area contributed by atoms with Gasteiger partial charge in [0.25, 0.3) is 0 Å². The van der Waals surface area contributed by atoms with Crippen LogP contribution in [0.25, 0.3) is 59.8 Å². The van der Waals surface area contributed by atoms with E-state index in [4.69, 9.17) is 0 Å². The third-order valence-electron chi connectivity index (χ3n) is 9.56. The van der Waals surface area contributed by atoms with E-state index < -0.39 is 8.07 Å². The molecule has 2 nitrogen and oxygen atoms in total. The number of rotatable bonds is 2. The average molecular weight is 512 g/mol. The molecule has 0 spiro atoms. The van der Waals surface area contributed by atoms with Gasteiger partial charge in [0.15, 0.2) is 6.20 Å². The van der Waals surface area contributed by atoms with Crippen LogP contribution < -0.4 is 9.75 Å². The highest BCUT2D eigenvalue weighted by Gasteiger charge is 2.32. The summed E-state index contributed by atoms with van der Waals surface area (Å²) < 4.78 is 5.11. The predicted molar refractivity (Wildman–Crippen MR) is 166 cm³/mol. The first-order valence-electron chi connectivity index (χ1n) is 14.3. The number of para-hydroxylation sites is 1. The number of aromatic nitrogens is 2. The summed E-state index contributed by atoms with van der Waals surface area (Å²) in [6, 6.07) is 23.3. The van der Waals surface area contributed by atoms with Gasteiger partial charge in [-0.25, -0.2) is 4.57 Å². The van der Waals surface area contributed by atoms with Crippen LogP contribution in [0, 0.1) is 6.92 Å². The maximum atomic E-state index is 2.71. The molecule has 188 valence electrons. The van der Waals surface area contributed by atoms with Crippen LogP contribution in [-0.4, -0.2) is 12.5 Å². The van der Waals surface area contributed by atoms with E-state index in [1.54, 1.807) is 10.8 Å². The summed E-state index contributed by atoms with van der Waals surface area (Å²) in [4.78, 5) is 0. The van der Waals surface area contributed by atoms with Crippen LogP contribution >= 0.6 is 0 Å². The Morgan fingerprint density at radius 3 is 2.21 bits per heavy atom. The van der Waals surface area contributed by atoms with Crippen LogP contribution in [-0.2, 0) is 7.05 Å². The molecule has 0 atom stereocenters. The van der Waals surface area contributed by atoms with Gasteiger partial charge in [0.05, 0.1) is 35.4 Å². The molecule has 0 aliphatic heterocycles. The molecule has 0 radical (unpaired) electrons. The molecule has 1 saturated carbocycles. The van der Waals surface area contributed by atoms with Gasteiger partial charge in [-0.05, 0) is 64.2 Å². The highest BCUT2D eigenvalue weighted by Crippen LogP contribution is 2.48. The van der Waals surface area contributed by atoms with Crippen LogP contribution in [0.15, 0.2) is 66.9 Å². The second-order valence-electron chi connectivity index (χ2n) is 12.8. The van der Waals surface area contributed by atoms with Crippen LogP contribution in [0.4, 0.5) is 0 Å². The van der Waals surface area contributed by atoms with Crippen LogP contribution in [0.1, 0.15) is 42.7 Å². The normalized spacial score (nSPS) is 15.5. The molecule has 0 amide bonds. The summed E-state index contributed by atoms with van der Waals surface area (Å²) in [5, 5.41) is 11.6. The minimum Gasteiger partial charge on any atom is -0.307 e. The second-order valence-corrected chi connectivity index (χ2v) is 17.8. The lowest BCUT2D eigenvalue weighted by molar-refractivity contribution is -0.643. The molecular weight excluding hydrogens is 476 g/mol. The Hall–Kier alpha value is -3.43. The number of pyridine rings is 2. The van der Waals surface area contributed by atoms with Crippen LogP contribution in [0.3, 0.4) is 0 Å². The zero-order chi connectivity index (χ0) is 25.9. The molecule has 38 heavy (non-hydrogen) atoms. The van der Waals surface area contributed by atoms with Crippen molar-refractivity contribution in [3.63, 3.8) is 0 Å². The molecule has 0 unspecified atom stereocenters. The summed E-state index contributed by atoms with van der Waals surface area (Å²) in [6.45, 7) is 9.88. The van der Waals surface area contributed by atoms with Gasteiger partial charge in [-0.3, -0.25) is 0 Å². The van der Waals surface area contributed by atoms with Gasteiger partial charge >= 0.3 is 0 Å². The third kappa shape index (κ3) is 2.75. The smallest absolute Gasteiger partial charge is 0.224 e. The molecular formula is C35H35N2Si+. The van der Waals surface area contributed by atoms with Crippen molar-refractivity contribution in [2.24, 2.45) is 7.05 Å². The van der Waals surface area contributed by atoms with E-state index in [2.05, 4.69) is 109 Å². The number of hydrogen-bond donors (Lipinski definition) is 0. The Kier molecular flexibility index (Phi) is 4.49. The maximum absolute atomic E-state index is 2.71. The number of aryl methyl sites for hydroxylation is 2.